The molecule has 0 aliphatic carbocycles. The van der Waals surface area contributed by atoms with E-state index in [2.05, 4.69) is 0 Å². The van der Waals surface area contributed by atoms with Crippen LogP contribution in [0, 0.1) is 13.7 Å². The smallest absolute Gasteiger partial charge is 0.161 e. The zero-order valence-electron chi connectivity index (χ0n) is 31.1. The number of para-hydroxylation sites is 2. The highest BCUT2D eigenvalue weighted by molar-refractivity contribution is 5.83. The van der Waals surface area contributed by atoms with E-state index in [1.54, 1.807) is 11.0 Å². The standard InChI is InChI=1S/C25H34N2O4/c1-19-7-6-8-20(2)23(19)15-21(28)16-26-11-13-27(14-12-26)17-22(29)18-31-25-10-5-4-9-24(25)30-3/h4-10,22,29H,11-18H2,1-3H3/i1D3,2D3,6D,7D,8D,17D2,18D2,22D. The molecule has 0 bridgehead atoms. The maximum atomic E-state index is 13.1. The largest absolute Gasteiger partial charge is 0.493 e. The maximum Gasteiger partial charge on any atom is 0.161 e. The predicted molar refractivity (Wildman–Crippen MR) is 122 cm³/mol. The third-order valence-corrected chi connectivity index (χ3v) is 4.72. The first kappa shape index (κ1) is 10.9. The van der Waals surface area contributed by atoms with Crippen molar-refractivity contribution in [1.82, 2.24) is 9.80 Å². The van der Waals surface area contributed by atoms with Gasteiger partial charge in [-0.3, -0.25) is 14.6 Å². The number of Topliss-reactive ketones (excluding diaryl/α,β-unsaturated/α-hetero) is 1. The van der Waals surface area contributed by atoms with Gasteiger partial charge in [0, 0.05) is 50.1 Å². The molecule has 1 saturated heterocycles. The first-order valence-electron chi connectivity index (χ1n) is 16.6. The molecule has 0 amide bonds. The molecule has 0 saturated carbocycles. The van der Waals surface area contributed by atoms with E-state index in [4.69, 9.17) is 28.7 Å². The van der Waals surface area contributed by atoms with Crippen LogP contribution in [0.4, 0.5) is 0 Å². The van der Waals surface area contributed by atoms with Gasteiger partial charge in [0.1, 0.15) is 12.6 Å². The lowest BCUT2D eigenvalue weighted by molar-refractivity contribution is -0.120. The van der Waals surface area contributed by atoms with Crippen molar-refractivity contribution in [2.75, 3.05) is 52.9 Å². The predicted octanol–water partition coefficient (Wildman–Crippen LogP) is 2.48. The fraction of sp³-hybridized carbons (Fsp3) is 0.480. The van der Waals surface area contributed by atoms with Crippen LogP contribution in [0.3, 0.4) is 0 Å². The van der Waals surface area contributed by atoms with Crippen molar-refractivity contribution in [2.24, 2.45) is 0 Å². The molecular weight excluding hydrogens is 392 g/mol. The monoisotopic (exact) mass is 440 g/mol. The van der Waals surface area contributed by atoms with Crippen LogP contribution >= 0.6 is 0 Å². The van der Waals surface area contributed by atoms with Crippen molar-refractivity contribution in [3.63, 3.8) is 0 Å². The van der Waals surface area contributed by atoms with E-state index >= 15 is 0 Å². The number of carbonyl (C=O) groups is 1. The van der Waals surface area contributed by atoms with Crippen LogP contribution in [0.25, 0.3) is 0 Å². The summed E-state index contributed by atoms with van der Waals surface area (Å²) >= 11 is 0. The summed E-state index contributed by atoms with van der Waals surface area (Å²) in [5, 5.41) is 10.9. The van der Waals surface area contributed by atoms with Crippen molar-refractivity contribution < 1.29 is 38.6 Å². The summed E-state index contributed by atoms with van der Waals surface area (Å²) in [6.07, 6.45) is -4.20. The number of rotatable bonds is 10. The molecule has 1 N–H and O–H groups in total. The van der Waals surface area contributed by atoms with Crippen LogP contribution in [-0.2, 0) is 11.2 Å². The number of benzene rings is 2. The van der Waals surface area contributed by atoms with Gasteiger partial charge in [0.05, 0.1) is 21.9 Å². The van der Waals surface area contributed by atoms with Crippen LogP contribution in [0.1, 0.15) is 35.9 Å². The Balaban J connectivity index is 1.77. The van der Waals surface area contributed by atoms with E-state index in [-0.39, 0.29) is 44.2 Å². The average Bonchev–Trinajstić information content (AvgIpc) is 2.90. The fourth-order valence-corrected chi connectivity index (χ4v) is 3.11. The highest BCUT2D eigenvalue weighted by atomic mass is 16.5. The molecule has 0 aromatic heterocycles. The van der Waals surface area contributed by atoms with Crippen LogP contribution in [-0.4, -0.2) is 79.7 Å². The third-order valence-electron chi connectivity index (χ3n) is 4.72. The first-order valence-corrected chi connectivity index (χ1v) is 9.64. The topological polar surface area (TPSA) is 62.2 Å². The van der Waals surface area contributed by atoms with Crippen molar-refractivity contribution in [2.45, 2.75) is 26.2 Å². The number of nitrogens with zero attached hydrogens (tertiary/aromatic N) is 2. The lowest BCUT2D eigenvalue weighted by Crippen LogP contribution is -2.50. The molecule has 2 aromatic carbocycles. The molecule has 6 nitrogen and oxygen atoms in total. The number of ketones is 1. The second kappa shape index (κ2) is 11.3. The van der Waals surface area contributed by atoms with Gasteiger partial charge in [0.2, 0.25) is 0 Å². The zero-order chi connectivity index (χ0) is 34.3. The molecule has 0 spiro atoms. The van der Waals surface area contributed by atoms with E-state index in [9.17, 15) is 9.90 Å². The van der Waals surface area contributed by atoms with E-state index in [1.165, 1.54) is 25.3 Å². The number of hydrogen-bond donors (Lipinski definition) is 1. The fourth-order valence-electron chi connectivity index (χ4n) is 3.11. The number of ether oxygens (including phenoxy) is 2. The quantitative estimate of drug-likeness (QED) is 0.612. The second-order valence-corrected chi connectivity index (χ2v) is 6.90. The second-order valence-electron chi connectivity index (χ2n) is 6.90. The van der Waals surface area contributed by atoms with E-state index in [1.807, 2.05) is 0 Å². The average molecular weight is 441 g/mol. The van der Waals surface area contributed by atoms with Crippen molar-refractivity contribution in [1.29, 1.82) is 0 Å². The van der Waals surface area contributed by atoms with Gasteiger partial charge < -0.3 is 14.6 Å². The highest BCUT2D eigenvalue weighted by Crippen LogP contribution is 2.25. The molecule has 3 rings (SSSR count). The molecule has 1 unspecified atom stereocenters. The molecule has 1 heterocycles. The lowest BCUT2D eigenvalue weighted by Gasteiger charge is -2.35. The van der Waals surface area contributed by atoms with Gasteiger partial charge in [0.25, 0.3) is 0 Å². The van der Waals surface area contributed by atoms with Gasteiger partial charge in [-0.05, 0) is 42.5 Å². The first-order chi connectivity index (χ1) is 20.5. The number of hydrogen-bond acceptors (Lipinski definition) is 6. The van der Waals surface area contributed by atoms with E-state index in [0.29, 0.717) is 0 Å². The Morgan fingerprint density at radius 3 is 2.48 bits per heavy atom. The summed E-state index contributed by atoms with van der Waals surface area (Å²) in [6, 6.07) is 3.29. The zero-order valence-corrected chi connectivity index (χ0v) is 17.1. The van der Waals surface area contributed by atoms with Crippen molar-refractivity contribution >= 4 is 5.78 Å². The van der Waals surface area contributed by atoms with Gasteiger partial charge >= 0.3 is 0 Å². The van der Waals surface area contributed by atoms with Crippen molar-refractivity contribution in [3.8, 4) is 11.5 Å². The summed E-state index contributed by atoms with van der Waals surface area (Å²) in [7, 11) is 1.30. The van der Waals surface area contributed by atoms with Crippen LogP contribution in [0.2, 0.25) is 0 Å². The molecule has 1 aliphatic heterocycles. The van der Waals surface area contributed by atoms with Gasteiger partial charge in [-0.25, -0.2) is 0 Å². The van der Waals surface area contributed by atoms with Gasteiger partial charge in [-0.15, -0.1) is 0 Å². The van der Waals surface area contributed by atoms with Gasteiger partial charge in [-0.2, -0.15) is 0 Å². The number of β-amino-alcohol motifs (C(OH)–C–C–N with tert-alkyl or cyclic N) is 1. The Morgan fingerprint density at radius 2 is 1.84 bits per heavy atom. The minimum atomic E-state index is -3.46. The Bertz CT molecular complexity index is 1360. The number of aliphatic hydroxyl groups is 1. The van der Waals surface area contributed by atoms with Crippen LogP contribution in [0.15, 0.2) is 42.4 Å². The molecule has 1 atom stereocenters. The number of carbonyl (C=O) groups excluding carboxylic acids is 1. The molecule has 1 fully saturated rings. The third kappa shape index (κ3) is 6.79. The van der Waals surface area contributed by atoms with Crippen molar-refractivity contribution in [3.05, 3.63) is 59.1 Å². The summed E-state index contributed by atoms with van der Waals surface area (Å²) in [5.41, 5.74) is -2.07. The van der Waals surface area contributed by atoms with E-state index in [0.717, 1.165) is 4.90 Å². The Hall–Kier alpha value is -2.41. The van der Waals surface area contributed by atoms with Crippen LogP contribution < -0.4 is 9.47 Å². The van der Waals surface area contributed by atoms with Gasteiger partial charge in [-0.1, -0.05) is 30.3 Å². The normalized spacial score (nSPS) is 25.5. The summed E-state index contributed by atoms with van der Waals surface area (Å²) in [6.45, 7) is -13.0. The summed E-state index contributed by atoms with van der Waals surface area (Å²) < 4.78 is 123. The molecule has 31 heavy (non-hydrogen) atoms. The molecule has 0 radical (unpaired) electrons. The minimum Gasteiger partial charge on any atom is -0.493 e. The Labute approximate surface area is 205 Å². The number of methoxy groups -OCH3 is 1. The summed E-state index contributed by atoms with van der Waals surface area (Å²) in [4.78, 5) is 15.7. The number of piperazine rings is 1. The molecule has 1 aliphatic rings. The SMILES string of the molecule is [2H]c1c([2H])c(C([2H])([2H])[2H])c(CC(=O)CN2CCN(C([2H])([2H])C([2H])(O)C([2H])([2H])Oc3ccccc3OC)CC2)c(C([2H])([2H])[2H])c1[2H]. The Morgan fingerprint density at radius 1 is 1.19 bits per heavy atom. The minimum absolute atomic E-state index is 0.00496. The lowest BCUT2D eigenvalue weighted by atomic mass is 9.98. The van der Waals surface area contributed by atoms with Crippen LogP contribution in [0.5, 0.6) is 11.5 Å². The van der Waals surface area contributed by atoms with E-state index < -0.39 is 79.9 Å². The molecule has 6 heteroatoms. The maximum absolute atomic E-state index is 13.1. The molecular formula is C25H34N2O4. The summed E-state index contributed by atoms with van der Waals surface area (Å²) in [5.74, 6) is -0.718. The Kier molecular flexibility index (Phi) is 3.98. The molecule has 168 valence electrons. The molecule has 2 aromatic rings. The van der Waals surface area contributed by atoms with Gasteiger partial charge in [0.15, 0.2) is 17.3 Å². The highest BCUT2D eigenvalue weighted by Gasteiger charge is 2.21.